The molecule has 1 aromatic heterocycles. The second-order valence-electron chi connectivity index (χ2n) is 2.53. The van der Waals surface area contributed by atoms with Gasteiger partial charge in [0.1, 0.15) is 0 Å². The summed E-state index contributed by atoms with van der Waals surface area (Å²) in [4.78, 5) is 17.6. The highest BCUT2D eigenvalue weighted by molar-refractivity contribution is 6.66. The number of hydrogen-bond acceptors (Lipinski definition) is 3. The molecule has 0 atom stereocenters. The van der Waals surface area contributed by atoms with Crippen LogP contribution in [0, 0.1) is 6.92 Å². The molecule has 0 fully saturated rings. The summed E-state index contributed by atoms with van der Waals surface area (Å²) >= 11 is 16.7. The van der Waals surface area contributed by atoms with Crippen molar-refractivity contribution >= 4 is 34.8 Å². The molecule has 0 aromatic carbocycles. The van der Waals surface area contributed by atoms with Crippen LogP contribution in [-0.4, -0.2) is 17.1 Å². The highest BCUT2D eigenvalue weighted by atomic mass is 35.6. The van der Waals surface area contributed by atoms with Gasteiger partial charge in [-0.05, 0) is 6.92 Å². The van der Waals surface area contributed by atoms with Crippen molar-refractivity contribution in [2.24, 2.45) is 0 Å². The molecule has 4 nitrogen and oxygen atoms in total. The Morgan fingerprint density at radius 2 is 2.00 bits per heavy atom. The van der Waals surface area contributed by atoms with E-state index in [4.69, 9.17) is 39.5 Å². The Bertz CT molecular complexity index is 397. The van der Waals surface area contributed by atoms with E-state index in [0.717, 1.165) is 0 Å². The van der Waals surface area contributed by atoms with Crippen LogP contribution in [0.5, 0.6) is 5.75 Å². The number of nitrogens with zero attached hydrogens (tertiary/aromatic N) is 1. The van der Waals surface area contributed by atoms with Gasteiger partial charge in [0.05, 0.1) is 12.8 Å². The minimum Gasteiger partial charge on any atom is -0.490 e. The number of alkyl halides is 3. The molecule has 78 valence electrons. The van der Waals surface area contributed by atoms with Crippen molar-refractivity contribution in [1.82, 2.24) is 9.97 Å². The number of nitrogens with one attached hydrogen (secondary N) is 1. The Balaban J connectivity index is 3.36. The maximum atomic E-state index is 11.3. The van der Waals surface area contributed by atoms with Crippen LogP contribution in [0.1, 0.15) is 11.5 Å². The van der Waals surface area contributed by atoms with Crippen LogP contribution in [-0.2, 0) is 3.79 Å². The van der Waals surface area contributed by atoms with E-state index in [1.54, 1.807) is 6.92 Å². The molecule has 0 spiro atoms. The minimum atomic E-state index is -1.74. The number of H-pyrrole nitrogens is 1. The van der Waals surface area contributed by atoms with Gasteiger partial charge in [0.2, 0.25) is 9.54 Å². The molecule has 1 heterocycles. The molecule has 1 rings (SSSR count). The van der Waals surface area contributed by atoms with Gasteiger partial charge in [-0.2, -0.15) is 0 Å². The Labute approximate surface area is 95.2 Å². The number of aromatic amines is 1. The lowest BCUT2D eigenvalue weighted by Crippen LogP contribution is -2.19. The largest absolute Gasteiger partial charge is 0.490 e. The Morgan fingerprint density at radius 1 is 1.43 bits per heavy atom. The molecule has 0 aliphatic rings. The van der Waals surface area contributed by atoms with Crippen LogP contribution >= 0.6 is 34.8 Å². The van der Waals surface area contributed by atoms with Crippen molar-refractivity contribution in [2.45, 2.75) is 10.7 Å². The summed E-state index contributed by atoms with van der Waals surface area (Å²) < 4.78 is 3.07. The summed E-state index contributed by atoms with van der Waals surface area (Å²) in [5.74, 6) is 0.0915. The summed E-state index contributed by atoms with van der Waals surface area (Å²) in [6, 6.07) is 0. The minimum absolute atomic E-state index is 0.0224. The predicted octanol–water partition coefficient (Wildman–Crippen LogP) is 1.91. The van der Waals surface area contributed by atoms with Crippen LogP contribution in [0.4, 0.5) is 0 Å². The van der Waals surface area contributed by atoms with Crippen molar-refractivity contribution in [3.05, 3.63) is 21.9 Å². The number of ether oxygens (including phenoxy) is 1. The lowest BCUT2D eigenvalue weighted by atomic mass is 10.4. The Hall–Kier alpha value is -0.450. The van der Waals surface area contributed by atoms with E-state index in [0.29, 0.717) is 5.69 Å². The fraction of sp³-hybridized carbons (Fsp3) is 0.429. The van der Waals surface area contributed by atoms with Crippen LogP contribution in [0.25, 0.3) is 0 Å². The average Bonchev–Trinajstić information content (AvgIpc) is 2.01. The zero-order chi connectivity index (χ0) is 10.9. The number of hydrogen-bond donors (Lipinski definition) is 1. The van der Waals surface area contributed by atoms with Gasteiger partial charge in [-0.25, -0.2) is 4.98 Å². The Kier molecular flexibility index (Phi) is 3.29. The Morgan fingerprint density at radius 3 is 2.36 bits per heavy atom. The molecule has 0 bridgehead atoms. The first kappa shape index (κ1) is 11.6. The summed E-state index contributed by atoms with van der Waals surface area (Å²) in [6.07, 6.45) is 0. The monoisotopic (exact) mass is 256 g/mol. The summed E-state index contributed by atoms with van der Waals surface area (Å²) in [5.41, 5.74) is -0.0982. The van der Waals surface area contributed by atoms with Gasteiger partial charge in [0, 0.05) is 0 Å². The first-order valence-electron chi connectivity index (χ1n) is 3.58. The van der Waals surface area contributed by atoms with E-state index in [2.05, 4.69) is 9.97 Å². The smallest absolute Gasteiger partial charge is 0.293 e. The first-order chi connectivity index (χ1) is 6.36. The number of rotatable bonds is 1. The molecule has 1 N–H and O–H groups in total. The van der Waals surface area contributed by atoms with Gasteiger partial charge >= 0.3 is 0 Å². The van der Waals surface area contributed by atoms with Crippen molar-refractivity contribution < 1.29 is 4.74 Å². The fourth-order valence-electron chi connectivity index (χ4n) is 0.950. The maximum Gasteiger partial charge on any atom is 0.293 e. The third-order valence-electron chi connectivity index (χ3n) is 1.52. The molecule has 0 radical (unpaired) electrons. The highest BCUT2D eigenvalue weighted by Crippen LogP contribution is 2.35. The summed E-state index contributed by atoms with van der Waals surface area (Å²) in [6.45, 7) is 1.59. The topological polar surface area (TPSA) is 55.0 Å². The van der Waals surface area contributed by atoms with E-state index in [1.165, 1.54) is 7.11 Å². The molecule has 0 aliphatic carbocycles. The van der Waals surface area contributed by atoms with E-state index in [9.17, 15) is 4.79 Å². The fourth-order valence-corrected chi connectivity index (χ4v) is 1.22. The van der Waals surface area contributed by atoms with Crippen molar-refractivity contribution in [1.29, 1.82) is 0 Å². The summed E-state index contributed by atoms with van der Waals surface area (Å²) in [7, 11) is 1.37. The number of aromatic nitrogens is 2. The zero-order valence-electron chi connectivity index (χ0n) is 7.40. The maximum absolute atomic E-state index is 11.3. The van der Waals surface area contributed by atoms with Gasteiger partial charge in [-0.3, -0.25) is 4.79 Å². The van der Waals surface area contributed by atoms with Crippen LogP contribution < -0.4 is 10.3 Å². The van der Waals surface area contributed by atoms with Crippen molar-refractivity contribution in [2.75, 3.05) is 7.11 Å². The molecule has 0 amide bonds. The van der Waals surface area contributed by atoms with E-state index >= 15 is 0 Å². The van der Waals surface area contributed by atoms with E-state index in [1.807, 2.05) is 0 Å². The van der Waals surface area contributed by atoms with Gasteiger partial charge in [0.25, 0.3) is 5.56 Å². The quantitative estimate of drug-likeness (QED) is 0.782. The molecular formula is C7H7Cl3N2O2. The molecule has 0 unspecified atom stereocenters. The van der Waals surface area contributed by atoms with Gasteiger partial charge in [-0.15, -0.1) is 0 Å². The molecule has 1 aromatic rings. The number of halogens is 3. The predicted molar refractivity (Wildman–Crippen MR) is 55.4 cm³/mol. The van der Waals surface area contributed by atoms with Crippen molar-refractivity contribution in [3.63, 3.8) is 0 Å². The average molecular weight is 258 g/mol. The molecule has 0 saturated heterocycles. The normalized spacial score (nSPS) is 11.5. The molecule has 14 heavy (non-hydrogen) atoms. The SMILES string of the molecule is COc1c(C)nc(C(Cl)(Cl)Cl)[nH]c1=O. The highest BCUT2D eigenvalue weighted by Gasteiger charge is 2.27. The van der Waals surface area contributed by atoms with Crippen molar-refractivity contribution in [3.8, 4) is 5.75 Å². The second kappa shape index (κ2) is 3.96. The van der Waals surface area contributed by atoms with Gasteiger partial charge in [-0.1, -0.05) is 34.8 Å². The summed E-state index contributed by atoms with van der Waals surface area (Å²) in [5, 5.41) is 0. The lowest BCUT2D eigenvalue weighted by molar-refractivity contribution is 0.401. The zero-order valence-corrected chi connectivity index (χ0v) is 9.67. The van der Waals surface area contributed by atoms with Gasteiger partial charge in [0.15, 0.2) is 5.82 Å². The third-order valence-corrected chi connectivity index (χ3v) is 2.06. The number of aryl methyl sites for hydroxylation is 1. The molecule has 0 aliphatic heterocycles. The van der Waals surface area contributed by atoms with E-state index < -0.39 is 9.35 Å². The standard InChI is InChI=1S/C7H7Cl3N2O2/c1-3-4(14-2)5(13)12-6(11-3)7(8,9)10/h1-2H3,(H,11,12,13). The van der Waals surface area contributed by atoms with Crippen LogP contribution in [0.2, 0.25) is 0 Å². The van der Waals surface area contributed by atoms with Gasteiger partial charge < -0.3 is 9.72 Å². The first-order valence-corrected chi connectivity index (χ1v) is 4.71. The third kappa shape index (κ3) is 2.32. The molecule has 7 heteroatoms. The lowest BCUT2D eigenvalue weighted by Gasteiger charge is -2.11. The molecular weight excluding hydrogens is 250 g/mol. The second-order valence-corrected chi connectivity index (χ2v) is 4.81. The number of methoxy groups -OCH3 is 1. The van der Waals surface area contributed by atoms with Crippen LogP contribution in [0.3, 0.4) is 0 Å². The molecule has 0 saturated carbocycles. The van der Waals surface area contributed by atoms with E-state index in [-0.39, 0.29) is 11.6 Å². The van der Waals surface area contributed by atoms with Crippen LogP contribution in [0.15, 0.2) is 4.79 Å².